The van der Waals surface area contributed by atoms with Crippen molar-refractivity contribution in [2.24, 2.45) is 0 Å². The van der Waals surface area contributed by atoms with Crippen molar-refractivity contribution in [2.75, 3.05) is 20.2 Å². The lowest BCUT2D eigenvalue weighted by Gasteiger charge is -2.39. The van der Waals surface area contributed by atoms with Gasteiger partial charge in [0.15, 0.2) is 11.6 Å². The van der Waals surface area contributed by atoms with E-state index in [0.717, 1.165) is 12.8 Å². The van der Waals surface area contributed by atoms with Crippen molar-refractivity contribution in [3.05, 3.63) is 29.6 Å². The van der Waals surface area contributed by atoms with Gasteiger partial charge in [-0.25, -0.2) is 4.39 Å². The predicted molar refractivity (Wildman–Crippen MR) is 76.1 cm³/mol. The first-order valence-corrected chi connectivity index (χ1v) is 7.38. The summed E-state index contributed by atoms with van der Waals surface area (Å²) < 4.78 is 24.1. The molecule has 0 aromatic heterocycles. The third-order valence-corrected chi connectivity index (χ3v) is 4.34. The van der Waals surface area contributed by atoms with Gasteiger partial charge >= 0.3 is 5.97 Å². The van der Waals surface area contributed by atoms with Crippen LogP contribution >= 0.6 is 0 Å². The summed E-state index contributed by atoms with van der Waals surface area (Å²) in [6, 6.07) is 4.17. The van der Waals surface area contributed by atoms with Crippen molar-refractivity contribution in [1.29, 1.82) is 0 Å². The van der Waals surface area contributed by atoms with E-state index in [0.29, 0.717) is 25.9 Å². The fraction of sp³-hybridized carbons (Fsp3) is 0.500. The molecule has 0 saturated carbocycles. The van der Waals surface area contributed by atoms with Gasteiger partial charge in [-0.2, -0.15) is 0 Å². The van der Waals surface area contributed by atoms with Crippen molar-refractivity contribution in [1.82, 2.24) is 4.90 Å². The lowest BCUT2D eigenvalue weighted by Crippen LogP contribution is -2.50. The Bertz CT molecular complexity index is 618. The van der Waals surface area contributed by atoms with E-state index >= 15 is 0 Å². The highest BCUT2D eigenvalue weighted by atomic mass is 19.1. The summed E-state index contributed by atoms with van der Waals surface area (Å²) >= 11 is 0. The monoisotopic (exact) mass is 307 g/mol. The number of benzene rings is 1. The van der Waals surface area contributed by atoms with Crippen LogP contribution in [0.15, 0.2) is 18.2 Å². The summed E-state index contributed by atoms with van der Waals surface area (Å²) in [5.41, 5.74) is -0.268. The molecule has 1 atom stereocenters. The molecule has 2 fully saturated rings. The minimum atomic E-state index is -0.563. The number of likely N-dealkylation sites (tertiary alicyclic amines) is 1. The van der Waals surface area contributed by atoms with Gasteiger partial charge < -0.3 is 14.4 Å². The number of esters is 1. The van der Waals surface area contributed by atoms with Crippen molar-refractivity contribution in [3.63, 3.8) is 0 Å². The van der Waals surface area contributed by atoms with E-state index in [1.54, 1.807) is 11.0 Å². The van der Waals surface area contributed by atoms with E-state index in [1.807, 2.05) is 0 Å². The highest BCUT2D eigenvalue weighted by molar-refractivity contribution is 5.94. The summed E-state index contributed by atoms with van der Waals surface area (Å²) in [6.07, 6.45) is 2.60. The molecule has 2 aliphatic rings. The van der Waals surface area contributed by atoms with Gasteiger partial charge in [0.1, 0.15) is 5.60 Å². The molecule has 5 nitrogen and oxygen atoms in total. The predicted octanol–water partition coefficient (Wildman–Crippen LogP) is 2.15. The highest BCUT2D eigenvalue weighted by Gasteiger charge is 2.44. The molecule has 3 rings (SSSR count). The zero-order chi connectivity index (χ0) is 15.7. The summed E-state index contributed by atoms with van der Waals surface area (Å²) in [5, 5.41) is 0. The van der Waals surface area contributed by atoms with Crippen LogP contribution in [0.1, 0.15) is 36.0 Å². The van der Waals surface area contributed by atoms with Crippen molar-refractivity contribution in [2.45, 2.75) is 31.3 Å². The number of nitrogens with zero attached hydrogens (tertiary/aromatic N) is 1. The van der Waals surface area contributed by atoms with Gasteiger partial charge in [0.05, 0.1) is 13.7 Å². The zero-order valence-corrected chi connectivity index (χ0v) is 12.4. The number of halogens is 1. The number of ether oxygens (including phenoxy) is 2. The Morgan fingerprint density at radius 1 is 1.41 bits per heavy atom. The van der Waals surface area contributed by atoms with E-state index < -0.39 is 11.4 Å². The average molecular weight is 307 g/mol. The Labute approximate surface area is 128 Å². The van der Waals surface area contributed by atoms with Crippen LogP contribution in [0, 0.1) is 5.82 Å². The summed E-state index contributed by atoms with van der Waals surface area (Å²) in [6.45, 7) is 0.969. The van der Waals surface area contributed by atoms with E-state index in [4.69, 9.17) is 9.47 Å². The van der Waals surface area contributed by atoms with Crippen LogP contribution in [0.2, 0.25) is 0 Å². The van der Waals surface area contributed by atoms with Crippen LogP contribution in [-0.4, -0.2) is 42.6 Å². The molecule has 2 saturated heterocycles. The van der Waals surface area contributed by atoms with E-state index in [1.165, 1.54) is 19.2 Å². The Morgan fingerprint density at radius 2 is 2.23 bits per heavy atom. The number of hydrogen-bond acceptors (Lipinski definition) is 4. The Hall–Kier alpha value is -2.11. The maximum Gasteiger partial charge on any atom is 0.306 e. The largest absolute Gasteiger partial charge is 0.494 e. The van der Waals surface area contributed by atoms with Crippen LogP contribution in [-0.2, 0) is 9.53 Å². The van der Waals surface area contributed by atoms with Crippen molar-refractivity contribution in [3.8, 4) is 5.75 Å². The number of rotatable bonds is 2. The molecule has 1 amide bonds. The van der Waals surface area contributed by atoms with Gasteiger partial charge in [-0.05, 0) is 37.5 Å². The fourth-order valence-electron chi connectivity index (χ4n) is 3.21. The number of piperidine rings is 1. The lowest BCUT2D eigenvalue weighted by atomic mass is 9.89. The topological polar surface area (TPSA) is 55.8 Å². The summed E-state index contributed by atoms with van der Waals surface area (Å²) in [7, 11) is 1.38. The molecule has 1 unspecified atom stereocenters. The molecule has 0 radical (unpaired) electrons. The maximum absolute atomic E-state index is 13.8. The minimum Gasteiger partial charge on any atom is -0.494 e. The van der Waals surface area contributed by atoms with Gasteiger partial charge in [0.2, 0.25) is 0 Å². The maximum atomic E-state index is 13.8. The number of carbonyl (C=O) groups is 2. The molecule has 22 heavy (non-hydrogen) atoms. The second-order valence-electron chi connectivity index (χ2n) is 5.84. The van der Waals surface area contributed by atoms with Crippen LogP contribution in [0.3, 0.4) is 0 Å². The van der Waals surface area contributed by atoms with Crippen molar-refractivity contribution >= 4 is 11.9 Å². The third-order valence-electron chi connectivity index (χ3n) is 4.34. The Morgan fingerprint density at radius 3 is 2.86 bits per heavy atom. The molecular weight excluding hydrogens is 289 g/mol. The molecular formula is C16H18FNO4. The summed E-state index contributed by atoms with van der Waals surface area (Å²) in [5.74, 6) is -0.905. The molecule has 6 heteroatoms. The number of carbonyl (C=O) groups excluding carboxylic acids is 2. The molecule has 2 heterocycles. The second kappa shape index (κ2) is 5.59. The number of methoxy groups -OCH3 is 1. The zero-order valence-electron chi connectivity index (χ0n) is 12.4. The normalized spacial score (nSPS) is 24.5. The first-order chi connectivity index (χ1) is 10.5. The van der Waals surface area contributed by atoms with Crippen LogP contribution in [0.5, 0.6) is 5.75 Å². The average Bonchev–Trinajstić information content (AvgIpc) is 2.86. The van der Waals surface area contributed by atoms with Gasteiger partial charge in [0, 0.05) is 18.5 Å². The smallest absolute Gasteiger partial charge is 0.306 e. The van der Waals surface area contributed by atoms with E-state index in [9.17, 15) is 14.0 Å². The van der Waals surface area contributed by atoms with Crippen molar-refractivity contribution < 1.29 is 23.5 Å². The van der Waals surface area contributed by atoms with E-state index in [2.05, 4.69) is 0 Å². The first-order valence-electron chi connectivity index (χ1n) is 7.38. The highest BCUT2D eigenvalue weighted by Crippen LogP contribution is 2.35. The molecule has 0 N–H and O–H groups in total. The van der Waals surface area contributed by atoms with Gasteiger partial charge in [0.25, 0.3) is 5.91 Å². The molecule has 2 aliphatic heterocycles. The Balaban J connectivity index is 1.77. The fourth-order valence-corrected chi connectivity index (χ4v) is 3.21. The first kappa shape index (κ1) is 14.8. The molecule has 0 bridgehead atoms. The Kier molecular flexibility index (Phi) is 3.76. The van der Waals surface area contributed by atoms with Crippen LogP contribution in [0.4, 0.5) is 4.39 Å². The molecule has 0 aliphatic carbocycles. The quantitative estimate of drug-likeness (QED) is 0.786. The molecule has 1 aromatic carbocycles. The molecule has 118 valence electrons. The lowest BCUT2D eigenvalue weighted by molar-refractivity contribution is -0.151. The third kappa shape index (κ3) is 2.65. The van der Waals surface area contributed by atoms with Gasteiger partial charge in [-0.3, -0.25) is 9.59 Å². The van der Waals surface area contributed by atoms with Crippen LogP contribution in [0.25, 0.3) is 0 Å². The minimum absolute atomic E-state index is 0.108. The van der Waals surface area contributed by atoms with E-state index in [-0.39, 0.29) is 23.2 Å². The second-order valence-corrected chi connectivity index (χ2v) is 5.84. The molecule has 1 aromatic rings. The standard InChI is InChI=1S/C16H18FNO4/c1-21-13-4-3-11(9-12(13)17)15(20)18-8-2-6-16(10-18)7-5-14(19)22-16/h3-4,9H,2,5-8,10H2,1H3. The number of amides is 1. The SMILES string of the molecule is COc1ccc(C(=O)N2CCCC3(CCC(=O)O3)C2)cc1F. The molecule has 1 spiro atoms. The van der Waals surface area contributed by atoms with Gasteiger partial charge in [-0.1, -0.05) is 0 Å². The van der Waals surface area contributed by atoms with Crippen LogP contribution < -0.4 is 4.74 Å². The summed E-state index contributed by atoms with van der Waals surface area (Å²) in [4.78, 5) is 25.6. The van der Waals surface area contributed by atoms with Gasteiger partial charge in [-0.15, -0.1) is 0 Å². The number of hydrogen-bond donors (Lipinski definition) is 0.